The standard InChI is InChI=1S/C18H23ClN2O2/c1-13-9-10-15(23-13)11-21(4)18(22)12-20(3)14(2)16-7-5-6-8-17(16)19/h5-10,14H,11-12H2,1-4H3. The van der Waals surface area contributed by atoms with Crippen LogP contribution in [0, 0.1) is 6.92 Å². The van der Waals surface area contributed by atoms with Gasteiger partial charge in [0, 0.05) is 18.1 Å². The molecule has 0 aliphatic rings. The Morgan fingerprint density at radius 2 is 1.91 bits per heavy atom. The number of nitrogens with zero attached hydrogens (tertiary/aromatic N) is 2. The first-order chi connectivity index (χ1) is 10.9. The molecule has 1 amide bonds. The Bertz CT molecular complexity index is 669. The molecule has 1 aromatic heterocycles. The van der Waals surface area contributed by atoms with Crippen molar-refractivity contribution >= 4 is 17.5 Å². The zero-order valence-corrected chi connectivity index (χ0v) is 14.8. The van der Waals surface area contributed by atoms with E-state index < -0.39 is 0 Å². The first-order valence-corrected chi connectivity index (χ1v) is 8.00. The molecule has 1 unspecified atom stereocenters. The number of benzene rings is 1. The maximum absolute atomic E-state index is 12.4. The molecule has 2 aromatic rings. The molecule has 0 radical (unpaired) electrons. The van der Waals surface area contributed by atoms with Crippen LogP contribution >= 0.6 is 11.6 Å². The van der Waals surface area contributed by atoms with Gasteiger partial charge in [-0.15, -0.1) is 0 Å². The van der Waals surface area contributed by atoms with E-state index in [0.29, 0.717) is 13.1 Å². The van der Waals surface area contributed by atoms with Gasteiger partial charge >= 0.3 is 0 Å². The lowest BCUT2D eigenvalue weighted by Crippen LogP contribution is -2.37. The minimum atomic E-state index is 0.0421. The number of hydrogen-bond acceptors (Lipinski definition) is 3. The Hall–Kier alpha value is -1.78. The van der Waals surface area contributed by atoms with E-state index >= 15 is 0 Å². The fraction of sp³-hybridized carbons (Fsp3) is 0.389. The van der Waals surface area contributed by atoms with Gasteiger partial charge < -0.3 is 9.32 Å². The lowest BCUT2D eigenvalue weighted by molar-refractivity contribution is -0.132. The van der Waals surface area contributed by atoms with Crippen LogP contribution in [0.25, 0.3) is 0 Å². The predicted molar refractivity (Wildman–Crippen MR) is 92.4 cm³/mol. The van der Waals surface area contributed by atoms with Gasteiger partial charge in [-0.1, -0.05) is 29.8 Å². The largest absolute Gasteiger partial charge is 0.464 e. The summed E-state index contributed by atoms with van der Waals surface area (Å²) in [6.45, 7) is 4.73. The SMILES string of the molecule is Cc1ccc(CN(C)C(=O)CN(C)C(C)c2ccccc2Cl)o1. The molecular formula is C18H23ClN2O2. The molecular weight excluding hydrogens is 312 g/mol. The van der Waals surface area contributed by atoms with E-state index in [1.165, 1.54) is 0 Å². The second kappa shape index (κ2) is 7.66. The van der Waals surface area contributed by atoms with E-state index in [-0.39, 0.29) is 11.9 Å². The van der Waals surface area contributed by atoms with Gasteiger partial charge in [0.05, 0.1) is 13.1 Å². The first kappa shape index (κ1) is 17.6. The highest BCUT2D eigenvalue weighted by atomic mass is 35.5. The molecule has 1 heterocycles. The van der Waals surface area contributed by atoms with E-state index in [2.05, 4.69) is 0 Å². The third kappa shape index (κ3) is 4.60. The van der Waals surface area contributed by atoms with Gasteiger partial charge in [0.15, 0.2) is 0 Å². The van der Waals surface area contributed by atoms with Crippen molar-refractivity contribution in [3.8, 4) is 0 Å². The molecule has 0 spiro atoms. The second-order valence-corrected chi connectivity index (χ2v) is 6.28. The highest BCUT2D eigenvalue weighted by Crippen LogP contribution is 2.26. The Morgan fingerprint density at radius 3 is 2.52 bits per heavy atom. The van der Waals surface area contributed by atoms with Crippen LogP contribution in [0.3, 0.4) is 0 Å². The first-order valence-electron chi connectivity index (χ1n) is 7.62. The third-order valence-corrected chi connectivity index (χ3v) is 4.36. The van der Waals surface area contributed by atoms with Crippen LogP contribution in [-0.4, -0.2) is 36.3 Å². The van der Waals surface area contributed by atoms with Crippen molar-refractivity contribution in [2.45, 2.75) is 26.4 Å². The lowest BCUT2D eigenvalue weighted by atomic mass is 10.1. The zero-order chi connectivity index (χ0) is 17.0. The molecule has 0 fully saturated rings. The maximum atomic E-state index is 12.4. The van der Waals surface area contributed by atoms with E-state index in [0.717, 1.165) is 22.1 Å². The van der Waals surface area contributed by atoms with Gasteiger partial charge in [-0.25, -0.2) is 0 Å². The lowest BCUT2D eigenvalue weighted by Gasteiger charge is -2.27. The van der Waals surface area contributed by atoms with Crippen molar-refractivity contribution in [3.63, 3.8) is 0 Å². The summed E-state index contributed by atoms with van der Waals surface area (Å²) >= 11 is 6.24. The van der Waals surface area contributed by atoms with Crippen molar-refractivity contribution in [1.82, 2.24) is 9.80 Å². The summed E-state index contributed by atoms with van der Waals surface area (Å²) in [5.74, 6) is 1.69. The maximum Gasteiger partial charge on any atom is 0.236 e. The average Bonchev–Trinajstić information content (AvgIpc) is 2.92. The summed E-state index contributed by atoms with van der Waals surface area (Å²) < 4.78 is 5.52. The number of carbonyl (C=O) groups excluding carboxylic acids is 1. The summed E-state index contributed by atoms with van der Waals surface area (Å²) in [5.41, 5.74) is 1.02. The molecule has 5 heteroatoms. The number of halogens is 1. The molecule has 23 heavy (non-hydrogen) atoms. The van der Waals surface area contributed by atoms with Crippen LogP contribution in [0.4, 0.5) is 0 Å². The number of amides is 1. The molecule has 124 valence electrons. The molecule has 1 atom stereocenters. The Morgan fingerprint density at radius 1 is 1.22 bits per heavy atom. The van der Waals surface area contributed by atoms with E-state index in [9.17, 15) is 4.79 Å². The molecule has 0 aliphatic carbocycles. The number of hydrogen-bond donors (Lipinski definition) is 0. The summed E-state index contributed by atoms with van der Waals surface area (Å²) in [5, 5.41) is 0.721. The van der Waals surface area contributed by atoms with Gasteiger partial charge in [0.25, 0.3) is 0 Å². The van der Waals surface area contributed by atoms with Crippen LogP contribution in [0.1, 0.15) is 30.0 Å². The predicted octanol–water partition coefficient (Wildman–Crippen LogP) is 3.89. The van der Waals surface area contributed by atoms with Gasteiger partial charge in [-0.2, -0.15) is 0 Å². The van der Waals surface area contributed by atoms with Crippen molar-refractivity contribution < 1.29 is 9.21 Å². The molecule has 1 aromatic carbocycles. The number of furan rings is 1. The summed E-state index contributed by atoms with van der Waals surface area (Å²) in [4.78, 5) is 16.1. The van der Waals surface area contributed by atoms with Crippen LogP contribution in [0.15, 0.2) is 40.8 Å². The third-order valence-electron chi connectivity index (χ3n) is 4.02. The minimum Gasteiger partial charge on any atom is -0.464 e. The van der Waals surface area contributed by atoms with Crippen molar-refractivity contribution in [3.05, 3.63) is 58.5 Å². The monoisotopic (exact) mass is 334 g/mol. The Balaban J connectivity index is 1.94. The highest BCUT2D eigenvalue weighted by Gasteiger charge is 2.19. The van der Waals surface area contributed by atoms with Gasteiger partial charge in [0.2, 0.25) is 5.91 Å². The van der Waals surface area contributed by atoms with Crippen molar-refractivity contribution in [2.75, 3.05) is 20.6 Å². The quantitative estimate of drug-likeness (QED) is 0.804. The smallest absolute Gasteiger partial charge is 0.236 e. The van der Waals surface area contributed by atoms with Crippen molar-refractivity contribution in [1.29, 1.82) is 0 Å². The van der Waals surface area contributed by atoms with Crippen LogP contribution in [0.5, 0.6) is 0 Å². The molecule has 0 bridgehead atoms. The molecule has 2 rings (SSSR count). The highest BCUT2D eigenvalue weighted by molar-refractivity contribution is 6.31. The van der Waals surface area contributed by atoms with Crippen LogP contribution in [-0.2, 0) is 11.3 Å². The molecule has 4 nitrogen and oxygen atoms in total. The molecule has 0 saturated carbocycles. The zero-order valence-electron chi connectivity index (χ0n) is 14.0. The summed E-state index contributed by atoms with van der Waals surface area (Å²) in [7, 11) is 3.71. The van der Waals surface area contributed by atoms with Gasteiger partial charge in [0.1, 0.15) is 11.5 Å². The topological polar surface area (TPSA) is 36.7 Å². The van der Waals surface area contributed by atoms with Crippen LogP contribution < -0.4 is 0 Å². The Kier molecular flexibility index (Phi) is 5.85. The molecule has 0 saturated heterocycles. The minimum absolute atomic E-state index is 0.0421. The van der Waals surface area contributed by atoms with Crippen molar-refractivity contribution in [2.24, 2.45) is 0 Å². The van der Waals surface area contributed by atoms with E-state index in [4.69, 9.17) is 16.0 Å². The summed E-state index contributed by atoms with van der Waals surface area (Å²) in [6.07, 6.45) is 0. The normalized spacial score (nSPS) is 12.4. The number of rotatable bonds is 6. The fourth-order valence-corrected chi connectivity index (χ4v) is 2.71. The fourth-order valence-electron chi connectivity index (χ4n) is 2.41. The Labute approximate surface area is 142 Å². The van der Waals surface area contributed by atoms with Gasteiger partial charge in [-0.3, -0.25) is 9.69 Å². The second-order valence-electron chi connectivity index (χ2n) is 5.87. The van der Waals surface area contributed by atoms with Crippen LogP contribution in [0.2, 0.25) is 5.02 Å². The van der Waals surface area contributed by atoms with E-state index in [1.807, 2.05) is 62.2 Å². The number of aryl methyl sites for hydroxylation is 1. The number of likely N-dealkylation sites (N-methyl/N-ethyl adjacent to an activating group) is 2. The average molecular weight is 335 g/mol. The molecule has 0 aliphatic heterocycles. The van der Waals surface area contributed by atoms with E-state index in [1.54, 1.807) is 11.9 Å². The van der Waals surface area contributed by atoms with Gasteiger partial charge in [-0.05, 0) is 44.7 Å². The molecule has 0 N–H and O–H groups in total. The number of carbonyl (C=O) groups is 1. The summed E-state index contributed by atoms with van der Waals surface area (Å²) in [6, 6.07) is 11.6.